The molecule has 0 saturated heterocycles. The lowest BCUT2D eigenvalue weighted by Gasteiger charge is -2.07. The zero-order valence-electron chi connectivity index (χ0n) is 12.3. The van der Waals surface area contributed by atoms with Crippen molar-refractivity contribution in [2.24, 2.45) is 7.05 Å². The summed E-state index contributed by atoms with van der Waals surface area (Å²) in [5.74, 6) is 1.75. The Kier molecular flexibility index (Phi) is 4.09. The van der Waals surface area contributed by atoms with Crippen LogP contribution in [0.25, 0.3) is 6.08 Å². The van der Waals surface area contributed by atoms with Crippen molar-refractivity contribution in [3.8, 4) is 11.5 Å². The molecule has 0 spiro atoms. The molecule has 1 aromatic heterocycles. The van der Waals surface area contributed by atoms with Gasteiger partial charge in [-0.15, -0.1) is 0 Å². The van der Waals surface area contributed by atoms with Gasteiger partial charge in [0, 0.05) is 31.8 Å². The number of hydrogen-bond acceptors (Lipinski definition) is 4. The zero-order valence-corrected chi connectivity index (χ0v) is 12.3. The SMILES string of the molecule is Cn1ccc(NC(=O)/C=C/c2ccc3c(c2)OCCCO3)n1. The summed E-state index contributed by atoms with van der Waals surface area (Å²) in [4.78, 5) is 11.8. The molecule has 0 aliphatic carbocycles. The van der Waals surface area contributed by atoms with E-state index in [4.69, 9.17) is 9.47 Å². The summed E-state index contributed by atoms with van der Waals surface area (Å²) in [6.45, 7) is 1.30. The summed E-state index contributed by atoms with van der Waals surface area (Å²) < 4.78 is 12.8. The first-order chi connectivity index (χ1) is 10.7. The van der Waals surface area contributed by atoms with Gasteiger partial charge < -0.3 is 14.8 Å². The molecule has 2 aromatic rings. The summed E-state index contributed by atoms with van der Waals surface area (Å²) in [5.41, 5.74) is 0.875. The second-order valence-electron chi connectivity index (χ2n) is 4.95. The van der Waals surface area contributed by atoms with Crippen LogP contribution in [0.5, 0.6) is 11.5 Å². The van der Waals surface area contributed by atoms with Crippen LogP contribution in [0, 0.1) is 0 Å². The van der Waals surface area contributed by atoms with Crippen molar-refractivity contribution in [3.05, 3.63) is 42.1 Å². The summed E-state index contributed by atoms with van der Waals surface area (Å²) in [6, 6.07) is 7.35. The van der Waals surface area contributed by atoms with Crippen molar-refractivity contribution in [2.75, 3.05) is 18.5 Å². The third kappa shape index (κ3) is 3.46. The Morgan fingerprint density at radius 2 is 2.09 bits per heavy atom. The first-order valence-electron chi connectivity index (χ1n) is 7.09. The average molecular weight is 299 g/mol. The molecular formula is C16H17N3O3. The standard InChI is InChI=1S/C16H17N3O3/c1-19-8-7-15(18-19)17-16(20)6-4-12-3-5-13-14(11-12)22-10-2-9-21-13/h3-8,11H,2,9-10H2,1H3,(H,17,18,20)/b6-4+. The summed E-state index contributed by atoms with van der Waals surface area (Å²) >= 11 is 0. The number of aryl methyl sites for hydroxylation is 1. The highest BCUT2D eigenvalue weighted by Gasteiger charge is 2.09. The van der Waals surface area contributed by atoms with Gasteiger partial charge in [-0.3, -0.25) is 9.48 Å². The van der Waals surface area contributed by atoms with Crippen LogP contribution < -0.4 is 14.8 Å². The van der Waals surface area contributed by atoms with Gasteiger partial charge in [0.2, 0.25) is 5.91 Å². The van der Waals surface area contributed by atoms with Gasteiger partial charge in [0.05, 0.1) is 13.2 Å². The van der Waals surface area contributed by atoms with Gasteiger partial charge in [0.1, 0.15) is 0 Å². The van der Waals surface area contributed by atoms with E-state index in [2.05, 4.69) is 10.4 Å². The number of aromatic nitrogens is 2. The van der Waals surface area contributed by atoms with E-state index in [9.17, 15) is 4.79 Å². The molecule has 1 amide bonds. The Balaban J connectivity index is 1.67. The first kappa shape index (κ1) is 14.2. The first-order valence-corrected chi connectivity index (χ1v) is 7.09. The lowest BCUT2D eigenvalue weighted by molar-refractivity contribution is -0.111. The molecule has 0 saturated carbocycles. The van der Waals surface area contributed by atoms with Gasteiger partial charge in [0.25, 0.3) is 0 Å². The van der Waals surface area contributed by atoms with Crippen molar-refractivity contribution in [1.82, 2.24) is 9.78 Å². The molecule has 2 heterocycles. The smallest absolute Gasteiger partial charge is 0.249 e. The monoisotopic (exact) mass is 299 g/mol. The molecule has 0 atom stereocenters. The fourth-order valence-corrected chi connectivity index (χ4v) is 2.11. The van der Waals surface area contributed by atoms with Crippen molar-refractivity contribution < 1.29 is 14.3 Å². The molecule has 1 aromatic carbocycles. The highest BCUT2D eigenvalue weighted by Crippen LogP contribution is 2.30. The number of anilines is 1. The molecule has 114 valence electrons. The highest BCUT2D eigenvalue weighted by atomic mass is 16.5. The largest absolute Gasteiger partial charge is 0.490 e. The Morgan fingerprint density at radius 3 is 2.86 bits per heavy atom. The summed E-state index contributed by atoms with van der Waals surface area (Å²) in [5, 5.41) is 6.78. The summed E-state index contributed by atoms with van der Waals surface area (Å²) in [6.07, 6.45) is 5.83. The number of hydrogen-bond donors (Lipinski definition) is 1. The highest BCUT2D eigenvalue weighted by molar-refractivity contribution is 6.01. The van der Waals surface area contributed by atoms with Gasteiger partial charge in [-0.25, -0.2) is 0 Å². The number of carbonyl (C=O) groups excluding carboxylic acids is 1. The predicted molar refractivity (Wildman–Crippen MR) is 82.9 cm³/mol. The number of ether oxygens (including phenoxy) is 2. The maximum atomic E-state index is 11.8. The van der Waals surface area contributed by atoms with Gasteiger partial charge in [-0.1, -0.05) is 6.07 Å². The second kappa shape index (κ2) is 6.34. The van der Waals surface area contributed by atoms with Crippen LogP contribution in [-0.4, -0.2) is 28.9 Å². The van der Waals surface area contributed by atoms with E-state index >= 15 is 0 Å². The minimum Gasteiger partial charge on any atom is -0.490 e. The van der Waals surface area contributed by atoms with E-state index in [0.717, 1.165) is 17.7 Å². The number of rotatable bonds is 3. The van der Waals surface area contributed by atoms with Crippen molar-refractivity contribution in [1.29, 1.82) is 0 Å². The maximum Gasteiger partial charge on any atom is 0.249 e. The molecule has 0 fully saturated rings. The maximum absolute atomic E-state index is 11.8. The third-order valence-corrected chi connectivity index (χ3v) is 3.16. The van der Waals surface area contributed by atoms with Crippen LogP contribution in [0.3, 0.4) is 0 Å². The lowest BCUT2D eigenvalue weighted by Crippen LogP contribution is -2.08. The Hall–Kier alpha value is -2.76. The fraction of sp³-hybridized carbons (Fsp3) is 0.250. The summed E-state index contributed by atoms with van der Waals surface area (Å²) in [7, 11) is 1.79. The van der Waals surface area contributed by atoms with Crippen LogP contribution in [0.15, 0.2) is 36.5 Å². The number of nitrogens with one attached hydrogen (secondary N) is 1. The van der Waals surface area contributed by atoms with Crippen LogP contribution in [-0.2, 0) is 11.8 Å². The molecule has 22 heavy (non-hydrogen) atoms. The molecule has 1 aliphatic rings. The zero-order chi connectivity index (χ0) is 15.4. The number of amides is 1. The Morgan fingerprint density at radius 1 is 1.27 bits per heavy atom. The van der Waals surface area contributed by atoms with Gasteiger partial charge in [0.15, 0.2) is 17.3 Å². The average Bonchev–Trinajstić information content (AvgIpc) is 2.78. The minimum atomic E-state index is -0.231. The molecule has 6 nitrogen and oxygen atoms in total. The molecule has 1 N–H and O–H groups in total. The Labute approximate surface area is 128 Å². The van der Waals surface area contributed by atoms with Crippen LogP contribution in [0.2, 0.25) is 0 Å². The van der Waals surface area contributed by atoms with Crippen LogP contribution in [0.4, 0.5) is 5.82 Å². The van der Waals surface area contributed by atoms with Gasteiger partial charge in [-0.05, 0) is 23.8 Å². The van der Waals surface area contributed by atoms with Crippen molar-refractivity contribution in [3.63, 3.8) is 0 Å². The van der Waals surface area contributed by atoms with Crippen molar-refractivity contribution >= 4 is 17.8 Å². The lowest BCUT2D eigenvalue weighted by atomic mass is 10.2. The van der Waals surface area contributed by atoms with Gasteiger partial charge in [-0.2, -0.15) is 5.10 Å². The molecule has 1 aliphatic heterocycles. The molecule has 0 radical (unpaired) electrons. The van der Waals surface area contributed by atoms with E-state index in [0.29, 0.717) is 24.8 Å². The fourth-order valence-electron chi connectivity index (χ4n) is 2.11. The molecule has 0 bridgehead atoms. The number of nitrogens with zero attached hydrogens (tertiary/aromatic N) is 2. The topological polar surface area (TPSA) is 65.4 Å². The molecule has 6 heteroatoms. The Bertz CT molecular complexity index is 706. The predicted octanol–water partition coefficient (Wildman–Crippen LogP) is 2.23. The second-order valence-corrected chi connectivity index (χ2v) is 4.95. The molecular weight excluding hydrogens is 282 g/mol. The van der Waals surface area contributed by atoms with E-state index < -0.39 is 0 Å². The third-order valence-electron chi connectivity index (χ3n) is 3.16. The van der Waals surface area contributed by atoms with E-state index in [-0.39, 0.29) is 5.91 Å². The normalized spacial score (nSPS) is 13.9. The van der Waals surface area contributed by atoms with Crippen LogP contribution >= 0.6 is 0 Å². The quantitative estimate of drug-likeness (QED) is 0.883. The van der Waals surface area contributed by atoms with E-state index in [1.807, 2.05) is 18.2 Å². The van der Waals surface area contributed by atoms with Crippen LogP contribution in [0.1, 0.15) is 12.0 Å². The van der Waals surface area contributed by atoms with E-state index in [1.165, 1.54) is 6.08 Å². The number of carbonyl (C=O) groups is 1. The minimum absolute atomic E-state index is 0.231. The molecule has 0 unspecified atom stereocenters. The van der Waals surface area contributed by atoms with E-state index in [1.54, 1.807) is 30.1 Å². The van der Waals surface area contributed by atoms with Crippen molar-refractivity contribution in [2.45, 2.75) is 6.42 Å². The molecule has 3 rings (SSSR count). The van der Waals surface area contributed by atoms with Gasteiger partial charge >= 0.3 is 0 Å². The number of fused-ring (bicyclic) bond motifs is 1. The number of benzene rings is 1.